The zero-order valence-electron chi connectivity index (χ0n) is 8.19. The van der Waals surface area contributed by atoms with E-state index in [1.54, 1.807) is 19.9 Å². The van der Waals surface area contributed by atoms with E-state index in [0.29, 0.717) is 15.7 Å². The van der Waals surface area contributed by atoms with Crippen LogP contribution in [0.25, 0.3) is 0 Å². The second-order valence-electron chi connectivity index (χ2n) is 4.02. The summed E-state index contributed by atoms with van der Waals surface area (Å²) in [6.45, 7) is 3.57. The number of carbonyl (C=O) groups is 1. The molecule has 0 fully saturated rings. The normalized spacial score (nSPS) is 17.5. The molecule has 2 rings (SSSR count). The summed E-state index contributed by atoms with van der Waals surface area (Å²) < 4.78 is 1.35. The van der Waals surface area contributed by atoms with Crippen LogP contribution in [0.15, 0.2) is 15.0 Å². The molecular weight excluding hydrogens is 326 g/mol. The molecule has 0 aromatic heterocycles. The quantitative estimate of drug-likeness (QED) is 0.765. The van der Waals surface area contributed by atoms with Crippen molar-refractivity contribution in [1.82, 2.24) is 0 Å². The summed E-state index contributed by atoms with van der Waals surface area (Å²) in [5.41, 5.74) is 0.588. The summed E-state index contributed by atoms with van der Waals surface area (Å²) in [7, 11) is 0. The molecule has 3 nitrogen and oxygen atoms in total. The van der Waals surface area contributed by atoms with Gasteiger partial charge in [0.1, 0.15) is 5.75 Å². The Morgan fingerprint density at radius 1 is 1.33 bits per heavy atom. The Morgan fingerprint density at radius 2 is 1.93 bits per heavy atom. The first-order chi connectivity index (χ1) is 6.85. The molecule has 0 bridgehead atoms. The average Bonchev–Trinajstić information content (AvgIpc) is 2.36. The number of aromatic hydroxyl groups is 1. The molecule has 5 heteroatoms. The lowest BCUT2D eigenvalue weighted by atomic mass is 9.85. The van der Waals surface area contributed by atoms with Gasteiger partial charge in [0.2, 0.25) is 5.91 Å². The maximum absolute atomic E-state index is 11.7. The highest BCUT2D eigenvalue weighted by molar-refractivity contribution is 9.11. The van der Waals surface area contributed by atoms with E-state index < -0.39 is 5.41 Å². The number of rotatable bonds is 0. The number of hydrogen-bond donors (Lipinski definition) is 2. The molecule has 0 saturated carbocycles. The number of anilines is 1. The Bertz CT molecular complexity index is 469. The monoisotopic (exact) mass is 333 g/mol. The molecule has 0 unspecified atom stereocenters. The van der Waals surface area contributed by atoms with Gasteiger partial charge in [-0.05, 0) is 51.8 Å². The molecule has 1 aliphatic heterocycles. The number of phenols is 1. The molecule has 1 aromatic carbocycles. The van der Waals surface area contributed by atoms with Crippen molar-refractivity contribution in [3.05, 3.63) is 20.6 Å². The predicted molar refractivity (Wildman–Crippen MR) is 65.2 cm³/mol. The molecule has 1 aliphatic rings. The first-order valence-corrected chi connectivity index (χ1v) is 5.97. The van der Waals surface area contributed by atoms with E-state index in [9.17, 15) is 9.90 Å². The summed E-state index contributed by atoms with van der Waals surface area (Å²) in [5.74, 6) is 0.0168. The fourth-order valence-electron chi connectivity index (χ4n) is 1.72. The van der Waals surface area contributed by atoms with E-state index in [4.69, 9.17) is 0 Å². The van der Waals surface area contributed by atoms with Crippen LogP contribution in [0.4, 0.5) is 5.69 Å². The Labute approximate surface area is 104 Å². The number of nitrogens with one attached hydrogen (secondary N) is 1. The van der Waals surface area contributed by atoms with Gasteiger partial charge >= 0.3 is 0 Å². The van der Waals surface area contributed by atoms with Gasteiger partial charge in [0.25, 0.3) is 0 Å². The van der Waals surface area contributed by atoms with Crippen molar-refractivity contribution in [1.29, 1.82) is 0 Å². The fourth-order valence-corrected chi connectivity index (χ4v) is 2.98. The number of fused-ring (bicyclic) bond motifs is 1. The number of carbonyl (C=O) groups excluding carboxylic acids is 1. The van der Waals surface area contributed by atoms with Crippen LogP contribution in [0.1, 0.15) is 19.4 Å². The van der Waals surface area contributed by atoms with Crippen molar-refractivity contribution >= 4 is 43.5 Å². The summed E-state index contributed by atoms with van der Waals surface area (Å²) in [6, 6.07) is 1.72. The second-order valence-corrected chi connectivity index (χ2v) is 5.73. The van der Waals surface area contributed by atoms with Crippen LogP contribution in [0.5, 0.6) is 5.75 Å². The third-order valence-corrected chi connectivity index (χ3v) is 3.87. The van der Waals surface area contributed by atoms with Gasteiger partial charge in [-0.15, -0.1) is 0 Å². The highest BCUT2D eigenvalue weighted by atomic mass is 79.9. The zero-order chi connectivity index (χ0) is 11.4. The van der Waals surface area contributed by atoms with Crippen molar-refractivity contribution in [3.63, 3.8) is 0 Å². The highest BCUT2D eigenvalue weighted by Crippen LogP contribution is 2.49. The topological polar surface area (TPSA) is 49.3 Å². The zero-order valence-corrected chi connectivity index (χ0v) is 11.4. The van der Waals surface area contributed by atoms with Gasteiger partial charge in [-0.3, -0.25) is 4.79 Å². The van der Waals surface area contributed by atoms with Crippen molar-refractivity contribution in [2.75, 3.05) is 5.32 Å². The predicted octanol–water partition coefficient (Wildman–Crippen LogP) is 3.15. The maximum atomic E-state index is 11.7. The van der Waals surface area contributed by atoms with E-state index in [2.05, 4.69) is 37.2 Å². The van der Waals surface area contributed by atoms with Gasteiger partial charge in [0, 0.05) is 10.0 Å². The number of halogens is 2. The molecule has 0 radical (unpaired) electrons. The highest BCUT2D eigenvalue weighted by Gasteiger charge is 2.42. The van der Waals surface area contributed by atoms with Crippen LogP contribution in [-0.4, -0.2) is 11.0 Å². The van der Waals surface area contributed by atoms with Crippen molar-refractivity contribution in [3.8, 4) is 5.75 Å². The van der Waals surface area contributed by atoms with Gasteiger partial charge in [-0.1, -0.05) is 0 Å². The third-order valence-electron chi connectivity index (χ3n) is 2.64. The van der Waals surface area contributed by atoms with Crippen LogP contribution >= 0.6 is 31.9 Å². The molecule has 0 spiro atoms. The largest absolute Gasteiger partial charge is 0.506 e. The van der Waals surface area contributed by atoms with Gasteiger partial charge < -0.3 is 10.4 Å². The van der Waals surface area contributed by atoms with Crippen LogP contribution in [-0.2, 0) is 10.2 Å². The van der Waals surface area contributed by atoms with E-state index >= 15 is 0 Å². The number of amides is 1. The smallest absolute Gasteiger partial charge is 0.234 e. The Kier molecular flexibility index (Phi) is 2.35. The Morgan fingerprint density at radius 3 is 2.53 bits per heavy atom. The minimum absolute atomic E-state index is 0.105. The lowest BCUT2D eigenvalue weighted by Gasteiger charge is -2.17. The molecule has 0 atom stereocenters. The molecule has 80 valence electrons. The molecular formula is C10H9Br2NO2. The van der Waals surface area contributed by atoms with Crippen LogP contribution in [0.3, 0.4) is 0 Å². The number of phenolic OH excluding ortho intramolecular Hbond substituents is 1. The third kappa shape index (κ3) is 1.40. The molecule has 1 aromatic rings. The molecule has 1 heterocycles. The lowest BCUT2D eigenvalue weighted by Crippen LogP contribution is -2.26. The van der Waals surface area contributed by atoms with Gasteiger partial charge in [0.05, 0.1) is 15.6 Å². The van der Waals surface area contributed by atoms with E-state index in [1.165, 1.54) is 0 Å². The van der Waals surface area contributed by atoms with Crippen LogP contribution in [0, 0.1) is 0 Å². The van der Waals surface area contributed by atoms with E-state index in [1.807, 2.05) is 0 Å². The first-order valence-electron chi connectivity index (χ1n) is 4.38. The van der Waals surface area contributed by atoms with Crippen molar-refractivity contribution < 1.29 is 9.90 Å². The minimum atomic E-state index is -0.703. The van der Waals surface area contributed by atoms with E-state index in [0.717, 1.165) is 4.47 Å². The lowest BCUT2D eigenvalue weighted by molar-refractivity contribution is -0.119. The maximum Gasteiger partial charge on any atom is 0.234 e. The first kappa shape index (κ1) is 11.0. The van der Waals surface area contributed by atoms with Crippen molar-refractivity contribution in [2.24, 2.45) is 0 Å². The standard InChI is InChI=1S/C10H9Br2NO2/c1-10(2)6-7(13-9(10)15)4(11)3-5(12)8(6)14/h3,14H,1-2H3,(H,13,15). The molecule has 15 heavy (non-hydrogen) atoms. The fraction of sp³-hybridized carbons (Fsp3) is 0.300. The molecule has 2 N–H and O–H groups in total. The molecule has 1 amide bonds. The van der Waals surface area contributed by atoms with E-state index in [-0.39, 0.29) is 11.7 Å². The number of benzene rings is 1. The van der Waals surface area contributed by atoms with Gasteiger partial charge in [-0.2, -0.15) is 0 Å². The van der Waals surface area contributed by atoms with Gasteiger partial charge in [0.15, 0.2) is 0 Å². The van der Waals surface area contributed by atoms with Crippen LogP contribution < -0.4 is 5.32 Å². The summed E-state index contributed by atoms with van der Waals surface area (Å²) in [4.78, 5) is 11.7. The number of hydrogen-bond acceptors (Lipinski definition) is 2. The van der Waals surface area contributed by atoms with Crippen LogP contribution in [0.2, 0.25) is 0 Å². The van der Waals surface area contributed by atoms with Crippen molar-refractivity contribution in [2.45, 2.75) is 19.3 Å². The summed E-state index contributed by atoms with van der Waals surface area (Å²) in [5, 5.41) is 12.7. The molecule has 0 saturated heterocycles. The average molecular weight is 335 g/mol. The Balaban J connectivity index is 2.81. The molecule has 0 aliphatic carbocycles. The second kappa shape index (κ2) is 3.22. The Hall–Kier alpha value is -0.550. The SMILES string of the molecule is CC1(C)C(=O)Nc2c(Br)cc(Br)c(O)c21. The minimum Gasteiger partial charge on any atom is -0.506 e. The summed E-state index contributed by atoms with van der Waals surface area (Å²) in [6.07, 6.45) is 0. The summed E-state index contributed by atoms with van der Waals surface area (Å²) >= 11 is 6.61. The van der Waals surface area contributed by atoms with Gasteiger partial charge in [-0.25, -0.2) is 0 Å².